The fourth-order valence-corrected chi connectivity index (χ4v) is 1.12. The van der Waals surface area contributed by atoms with Crippen molar-refractivity contribution in [2.75, 3.05) is 0 Å². The van der Waals surface area contributed by atoms with E-state index in [1.165, 1.54) is 6.42 Å². The van der Waals surface area contributed by atoms with E-state index in [1.807, 2.05) is 6.92 Å². The Bertz CT molecular complexity index is 134. The van der Waals surface area contributed by atoms with Crippen LogP contribution in [0.4, 0.5) is 4.79 Å². The Morgan fingerprint density at radius 2 is 1.92 bits per heavy atom. The first-order valence-electron chi connectivity index (χ1n) is 4.51. The Morgan fingerprint density at radius 1 is 1.33 bits per heavy atom. The highest BCUT2D eigenvalue weighted by Crippen LogP contribution is 2.07. The topological polar surface area (TPSA) is 49.3 Å². The number of hydrogen-bond acceptors (Lipinski definition) is 1. The summed E-state index contributed by atoms with van der Waals surface area (Å²) >= 11 is 0. The van der Waals surface area contributed by atoms with Gasteiger partial charge >= 0.3 is 6.09 Å². The summed E-state index contributed by atoms with van der Waals surface area (Å²) in [5.74, 6) is 0.710. The fraction of sp³-hybridized carbons (Fsp3) is 0.889. The van der Waals surface area contributed by atoms with Gasteiger partial charge < -0.3 is 10.4 Å². The second-order valence-corrected chi connectivity index (χ2v) is 3.68. The van der Waals surface area contributed by atoms with Crippen molar-refractivity contribution in [2.24, 2.45) is 5.92 Å². The van der Waals surface area contributed by atoms with E-state index in [1.54, 1.807) is 0 Å². The van der Waals surface area contributed by atoms with Crippen LogP contribution in [0.3, 0.4) is 0 Å². The minimum absolute atomic E-state index is 0.0845. The van der Waals surface area contributed by atoms with Gasteiger partial charge in [0.1, 0.15) is 0 Å². The van der Waals surface area contributed by atoms with Gasteiger partial charge in [-0.15, -0.1) is 0 Å². The summed E-state index contributed by atoms with van der Waals surface area (Å²) in [5, 5.41) is 10.8. The maximum absolute atomic E-state index is 10.2. The SMILES string of the molecule is CC(C)CCCC(C)NC(=O)O. The maximum atomic E-state index is 10.2. The molecule has 0 saturated carbocycles. The second-order valence-electron chi connectivity index (χ2n) is 3.68. The van der Waals surface area contributed by atoms with E-state index in [2.05, 4.69) is 19.2 Å². The molecule has 0 aliphatic heterocycles. The molecule has 0 aromatic carbocycles. The third kappa shape index (κ3) is 7.38. The van der Waals surface area contributed by atoms with Crippen LogP contribution in [-0.2, 0) is 0 Å². The van der Waals surface area contributed by atoms with Crippen molar-refractivity contribution in [1.82, 2.24) is 5.32 Å². The van der Waals surface area contributed by atoms with E-state index in [9.17, 15) is 4.79 Å². The highest BCUT2D eigenvalue weighted by Gasteiger charge is 2.04. The zero-order chi connectivity index (χ0) is 9.56. The zero-order valence-corrected chi connectivity index (χ0v) is 8.13. The van der Waals surface area contributed by atoms with Crippen LogP contribution in [0.5, 0.6) is 0 Å². The summed E-state index contributed by atoms with van der Waals surface area (Å²) in [6, 6.07) is 0.0845. The van der Waals surface area contributed by atoms with Gasteiger partial charge in [-0.25, -0.2) is 4.79 Å². The molecule has 2 N–H and O–H groups in total. The van der Waals surface area contributed by atoms with Gasteiger partial charge in [0.25, 0.3) is 0 Å². The number of nitrogens with one attached hydrogen (secondary N) is 1. The van der Waals surface area contributed by atoms with Gasteiger partial charge in [-0.3, -0.25) is 0 Å². The molecular weight excluding hydrogens is 154 g/mol. The molecule has 1 atom stereocenters. The van der Waals surface area contributed by atoms with Crippen molar-refractivity contribution >= 4 is 6.09 Å². The van der Waals surface area contributed by atoms with E-state index in [-0.39, 0.29) is 6.04 Å². The lowest BCUT2D eigenvalue weighted by atomic mass is 10.0. The Morgan fingerprint density at radius 3 is 2.33 bits per heavy atom. The predicted octanol–water partition coefficient (Wildman–Crippen LogP) is 2.47. The summed E-state index contributed by atoms with van der Waals surface area (Å²) < 4.78 is 0. The van der Waals surface area contributed by atoms with Crippen LogP contribution >= 0.6 is 0 Å². The van der Waals surface area contributed by atoms with Gasteiger partial charge in [-0.1, -0.05) is 26.7 Å². The van der Waals surface area contributed by atoms with Crippen LogP contribution in [0.1, 0.15) is 40.0 Å². The van der Waals surface area contributed by atoms with Crippen LogP contribution < -0.4 is 5.32 Å². The molecule has 0 aromatic heterocycles. The molecule has 3 nitrogen and oxygen atoms in total. The van der Waals surface area contributed by atoms with E-state index in [4.69, 9.17) is 5.11 Å². The zero-order valence-electron chi connectivity index (χ0n) is 8.13. The first-order valence-corrected chi connectivity index (χ1v) is 4.51. The van der Waals surface area contributed by atoms with Crippen LogP contribution in [0.25, 0.3) is 0 Å². The van der Waals surface area contributed by atoms with Crippen molar-refractivity contribution in [3.05, 3.63) is 0 Å². The van der Waals surface area contributed by atoms with Crippen LogP contribution in [-0.4, -0.2) is 17.2 Å². The number of carboxylic acid groups (broad SMARTS) is 1. The lowest BCUT2D eigenvalue weighted by molar-refractivity contribution is 0.190. The van der Waals surface area contributed by atoms with Crippen molar-refractivity contribution in [1.29, 1.82) is 0 Å². The molecule has 0 rings (SSSR count). The molecule has 0 aliphatic carbocycles. The average Bonchev–Trinajstić information content (AvgIpc) is 1.84. The Hall–Kier alpha value is -0.730. The molecule has 0 saturated heterocycles. The minimum Gasteiger partial charge on any atom is -0.465 e. The quantitative estimate of drug-likeness (QED) is 0.671. The normalized spacial score (nSPS) is 13.0. The van der Waals surface area contributed by atoms with E-state index in [0.717, 1.165) is 12.8 Å². The predicted molar refractivity (Wildman–Crippen MR) is 49.3 cm³/mol. The summed E-state index contributed by atoms with van der Waals surface area (Å²) in [4.78, 5) is 10.2. The molecule has 0 bridgehead atoms. The highest BCUT2D eigenvalue weighted by atomic mass is 16.4. The van der Waals surface area contributed by atoms with Gasteiger partial charge in [0.15, 0.2) is 0 Å². The van der Waals surface area contributed by atoms with Crippen molar-refractivity contribution in [3.63, 3.8) is 0 Å². The number of hydrogen-bond donors (Lipinski definition) is 2. The van der Waals surface area contributed by atoms with Gasteiger partial charge in [-0.05, 0) is 19.3 Å². The smallest absolute Gasteiger partial charge is 0.404 e. The Balaban J connectivity index is 3.31. The molecule has 1 amide bonds. The first-order chi connectivity index (χ1) is 5.52. The average molecular weight is 173 g/mol. The second kappa shape index (κ2) is 5.86. The fourth-order valence-electron chi connectivity index (χ4n) is 1.12. The van der Waals surface area contributed by atoms with Crippen LogP contribution in [0.15, 0.2) is 0 Å². The maximum Gasteiger partial charge on any atom is 0.404 e. The van der Waals surface area contributed by atoms with Crippen molar-refractivity contribution < 1.29 is 9.90 Å². The van der Waals surface area contributed by atoms with E-state index < -0.39 is 6.09 Å². The number of amides is 1. The molecule has 0 aromatic rings. The lowest BCUT2D eigenvalue weighted by Crippen LogP contribution is -2.30. The molecule has 3 heteroatoms. The van der Waals surface area contributed by atoms with Gasteiger partial charge in [0.2, 0.25) is 0 Å². The Kier molecular flexibility index (Phi) is 5.51. The van der Waals surface area contributed by atoms with Gasteiger partial charge in [-0.2, -0.15) is 0 Å². The summed E-state index contributed by atoms with van der Waals surface area (Å²) in [6.07, 6.45) is 2.28. The minimum atomic E-state index is -0.924. The molecule has 0 heterocycles. The van der Waals surface area contributed by atoms with E-state index in [0.29, 0.717) is 5.92 Å². The molecule has 0 fully saturated rings. The van der Waals surface area contributed by atoms with Crippen molar-refractivity contribution in [3.8, 4) is 0 Å². The van der Waals surface area contributed by atoms with Crippen LogP contribution in [0.2, 0.25) is 0 Å². The summed E-state index contributed by atoms with van der Waals surface area (Å²) in [6.45, 7) is 6.25. The van der Waals surface area contributed by atoms with Gasteiger partial charge in [0.05, 0.1) is 0 Å². The summed E-state index contributed by atoms with van der Waals surface area (Å²) in [5.41, 5.74) is 0. The number of rotatable bonds is 5. The first kappa shape index (κ1) is 11.3. The van der Waals surface area contributed by atoms with E-state index >= 15 is 0 Å². The molecular formula is C9H19NO2. The third-order valence-electron chi connectivity index (χ3n) is 1.79. The molecule has 12 heavy (non-hydrogen) atoms. The molecule has 72 valence electrons. The largest absolute Gasteiger partial charge is 0.465 e. The lowest BCUT2D eigenvalue weighted by Gasteiger charge is -2.11. The monoisotopic (exact) mass is 173 g/mol. The molecule has 0 radical (unpaired) electrons. The number of carbonyl (C=O) groups is 1. The molecule has 1 unspecified atom stereocenters. The van der Waals surface area contributed by atoms with Gasteiger partial charge in [0, 0.05) is 6.04 Å². The summed E-state index contributed by atoms with van der Waals surface area (Å²) in [7, 11) is 0. The van der Waals surface area contributed by atoms with Crippen molar-refractivity contribution in [2.45, 2.75) is 46.1 Å². The molecule has 0 spiro atoms. The Labute approximate surface area is 74.2 Å². The highest BCUT2D eigenvalue weighted by molar-refractivity contribution is 5.64. The van der Waals surface area contributed by atoms with Crippen LogP contribution in [0, 0.1) is 5.92 Å². The third-order valence-corrected chi connectivity index (χ3v) is 1.79. The standard InChI is InChI=1S/C9H19NO2/c1-7(2)5-4-6-8(3)10-9(11)12/h7-8,10H,4-6H2,1-3H3,(H,11,12). The molecule has 0 aliphatic rings.